The molecule has 3 nitrogen and oxygen atoms in total. The van der Waals surface area contributed by atoms with E-state index in [1.165, 1.54) is 5.56 Å². The maximum absolute atomic E-state index is 11.4. The molecule has 1 aliphatic heterocycles. The van der Waals surface area contributed by atoms with Crippen molar-refractivity contribution < 1.29 is 4.21 Å². The lowest BCUT2D eigenvalue weighted by Gasteiger charge is -2.36. The fourth-order valence-electron chi connectivity index (χ4n) is 2.47. The molecule has 2 atom stereocenters. The number of hydrogen-bond donors (Lipinski definition) is 1. The predicted molar refractivity (Wildman–Crippen MR) is 80.0 cm³/mol. The van der Waals surface area contributed by atoms with E-state index >= 15 is 0 Å². The van der Waals surface area contributed by atoms with Crippen LogP contribution in [0.5, 0.6) is 0 Å². The van der Waals surface area contributed by atoms with Crippen molar-refractivity contribution in [3.8, 4) is 0 Å². The van der Waals surface area contributed by atoms with Crippen LogP contribution in [-0.4, -0.2) is 39.7 Å². The molecule has 1 saturated heterocycles. The Kier molecular flexibility index (Phi) is 4.95. The SMILES string of the molecule is CC(N)C(c1cccc(Br)c1)N1CCS(=O)CC1. The van der Waals surface area contributed by atoms with Crippen molar-refractivity contribution in [3.05, 3.63) is 34.3 Å². The maximum Gasteiger partial charge on any atom is 0.0497 e. The van der Waals surface area contributed by atoms with Gasteiger partial charge in [0.25, 0.3) is 0 Å². The van der Waals surface area contributed by atoms with E-state index in [9.17, 15) is 4.21 Å². The molecule has 0 aromatic heterocycles. The third-order valence-electron chi connectivity index (χ3n) is 3.29. The Balaban J connectivity index is 2.20. The highest BCUT2D eigenvalue weighted by molar-refractivity contribution is 9.10. The molecule has 1 aromatic rings. The van der Waals surface area contributed by atoms with E-state index in [1.807, 2.05) is 19.1 Å². The lowest BCUT2D eigenvalue weighted by atomic mass is 9.99. The molecule has 1 heterocycles. The number of halogens is 1. The first kappa shape index (κ1) is 14.2. The van der Waals surface area contributed by atoms with Crippen molar-refractivity contribution in [2.24, 2.45) is 5.73 Å². The molecule has 18 heavy (non-hydrogen) atoms. The van der Waals surface area contributed by atoms with Crippen LogP contribution in [0.1, 0.15) is 18.5 Å². The molecule has 0 radical (unpaired) electrons. The molecule has 5 heteroatoms. The van der Waals surface area contributed by atoms with Gasteiger partial charge in [-0.1, -0.05) is 28.1 Å². The maximum atomic E-state index is 11.4. The van der Waals surface area contributed by atoms with Crippen LogP contribution in [0.4, 0.5) is 0 Å². The Morgan fingerprint density at radius 2 is 2.06 bits per heavy atom. The summed E-state index contributed by atoms with van der Waals surface area (Å²) < 4.78 is 12.5. The van der Waals surface area contributed by atoms with Crippen LogP contribution < -0.4 is 5.73 Å². The molecule has 0 aliphatic carbocycles. The van der Waals surface area contributed by atoms with Crippen LogP contribution in [0.15, 0.2) is 28.7 Å². The van der Waals surface area contributed by atoms with E-state index in [0.29, 0.717) is 0 Å². The van der Waals surface area contributed by atoms with E-state index in [4.69, 9.17) is 5.73 Å². The average Bonchev–Trinajstić information content (AvgIpc) is 2.32. The Labute approximate surface area is 119 Å². The molecule has 100 valence electrons. The minimum absolute atomic E-state index is 0.0610. The van der Waals surface area contributed by atoms with Gasteiger partial charge >= 0.3 is 0 Å². The van der Waals surface area contributed by atoms with Gasteiger partial charge in [0.15, 0.2) is 0 Å². The van der Waals surface area contributed by atoms with Gasteiger partial charge in [0.05, 0.1) is 0 Å². The van der Waals surface area contributed by atoms with Crippen LogP contribution in [0, 0.1) is 0 Å². The first-order valence-corrected chi connectivity index (χ1v) is 8.46. The monoisotopic (exact) mass is 330 g/mol. The molecular formula is C13H19BrN2OS. The standard InChI is InChI=1S/C13H19BrN2OS/c1-10(15)13(11-3-2-4-12(14)9-11)16-5-7-18(17)8-6-16/h2-4,9-10,13H,5-8,15H2,1H3. The number of hydrogen-bond acceptors (Lipinski definition) is 3. The van der Waals surface area contributed by atoms with Crippen molar-refractivity contribution in [1.82, 2.24) is 4.90 Å². The van der Waals surface area contributed by atoms with Crippen LogP contribution in [0.25, 0.3) is 0 Å². The summed E-state index contributed by atoms with van der Waals surface area (Å²) in [6, 6.07) is 8.57. The average molecular weight is 331 g/mol. The van der Waals surface area contributed by atoms with Crippen LogP contribution in [-0.2, 0) is 10.8 Å². The summed E-state index contributed by atoms with van der Waals surface area (Å²) >= 11 is 3.51. The molecule has 0 bridgehead atoms. The Morgan fingerprint density at radius 1 is 1.39 bits per heavy atom. The zero-order chi connectivity index (χ0) is 13.1. The summed E-state index contributed by atoms with van der Waals surface area (Å²) in [7, 11) is -0.643. The Bertz CT molecular complexity index is 429. The molecule has 0 saturated carbocycles. The Morgan fingerprint density at radius 3 is 2.61 bits per heavy atom. The second kappa shape index (κ2) is 6.28. The number of rotatable bonds is 3. The highest BCUT2D eigenvalue weighted by Gasteiger charge is 2.27. The predicted octanol–water partition coefficient (Wildman–Crippen LogP) is 1.90. The molecule has 2 unspecified atom stereocenters. The molecule has 1 aromatic carbocycles. The molecule has 2 rings (SSSR count). The lowest BCUT2D eigenvalue weighted by molar-refractivity contribution is 0.193. The Hall–Kier alpha value is -0.230. The van der Waals surface area contributed by atoms with Crippen molar-refractivity contribution in [1.29, 1.82) is 0 Å². The first-order valence-electron chi connectivity index (χ1n) is 6.18. The number of nitrogens with two attached hydrogens (primary N) is 1. The molecule has 0 amide bonds. The third-order valence-corrected chi connectivity index (χ3v) is 5.06. The van der Waals surface area contributed by atoms with Gasteiger partial charge in [0, 0.05) is 52.0 Å². The summed E-state index contributed by atoms with van der Waals surface area (Å²) in [5.74, 6) is 1.52. The molecular weight excluding hydrogens is 312 g/mol. The summed E-state index contributed by atoms with van der Waals surface area (Å²) in [4.78, 5) is 2.36. The van der Waals surface area contributed by atoms with E-state index in [0.717, 1.165) is 29.1 Å². The van der Waals surface area contributed by atoms with Gasteiger partial charge in [-0.3, -0.25) is 9.11 Å². The van der Waals surface area contributed by atoms with Crippen molar-refractivity contribution in [2.75, 3.05) is 24.6 Å². The van der Waals surface area contributed by atoms with E-state index in [2.05, 4.69) is 33.0 Å². The number of benzene rings is 1. The van der Waals surface area contributed by atoms with Crippen molar-refractivity contribution in [3.63, 3.8) is 0 Å². The third kappa shape index (κ3) is 3.41. The zero-order valence-corrected chi connectivity index (χ0v) is 12.9. The van der Waals surface area contributed by atoms with Gasteiger partial charge in [-0.05, 0) is 24.6 Å². The van der Waals surface area contributed by atoms with Gasteiger partial charge in [-0.15, -0.1) is 0 Å². The van der Waals surface area contributed by atoms with Gasteiger partial charge in [-0.25, -0.2) is 0 Å². The van der Waals surface area contributed by atoms with E-state index in [-0.39, 0.29) is 12.1 Å². The second-order valence-electron chi connectivity index (χ2n) is 4.74. The number of nitrogens with zero attached hydrogens (tertiary/aromatic N) is 1. The van der Waals surface area contributed by atoms with Gasteiger partial charge < -0.3 is 5.73 Å². The van der Waals surface area contributed by atoms with Gasteiger partial charge in [0.2, 0.25) is 0 Å². The minimum Gasteiger partial charge on any atom is -0.326 e. The van der Waals surface area contributed by atoms with Crippen LogP contribution in [0.3, 0.4) is 0 Å². The smallest absolute Gasteiger partial charge is 0.0497 e. The van der Waals surface area contributed by atoms with E-state index < -0.39 is 10.8 Å². The van der Waals surface area contributed by atoms with Gasteiger partial charge in [-0.2, -0.15) is 0 Å². The second-order valence-corrected chi connectivity index (χ2v) is 7.35. The van der Waals surface area contributed by atoms with Gasteiger partial charge in [0.1, 0.15) is 0 Å². The topological polar surface area (TPSA) is 46.3 Å². The highest BCUT2D eigenvalue weighted by Crippen LogP contribution is 2.26. The van der Waals surface area contributed by atoms with Crippen molar-refractivity contribution in [2.45, 2.75) is 19.0 Å². The lowest BCUT2D eigenvalue weighted by Crippen LogP contribution is -2.46. The van der Waals surface area contributed by atoms with Crippen molar-refractivity contribution >= 4 is 26.7 Å². The molecule has 1 aliphatic rings. The quantitative estimate of drug-likeness (QED) is 0.920. The normalized spacial score (nSPS) is 21.7. The molecule has 1 fully saturated rings. The fraction of sp³-hybridized carbons (Fsp3) is 0.538. The highest BCUT2D eigenvalue weighted by atomic mass is 79.9. The van der Waals surface area contributed by atoms with Crippen LogP contribution >= 0.6 is 15.9 Å². The molecule has 2 N–H and O–H groups in total. The summed E-state index contributed by atoms with van der Waals surface area (Å²) in [5, 5.41) is 0. The largest absolute Gasteiger partial charge is 0.326 e. The summed E-state index contributed by atoms with van der Waals surface area (Å²) in [5.41, 5.74) is 7.38. The first-order chi connectivity index (χ1) is 8.58. The van der Waals surface area contributed by atoms with E-state index in [1.54, 1.807) is 0 Å². The summed E-state index contributed by atoms with van der Waals surface area (Å²) in [6.07, 6.45) is 0. The zero-order valence-electron chi connectivity index (χ0n) is 10.5. The molecule has 0 spiro atoms. The fourth-order valence-corrected chi connectivity index (χ4v) is 3.97. The minimum atomic E-state index is -0.643. The summed E-state index contributed by atoms with van der Waals surface area (Å²) in [6.45, 7) is 3.77. The van der Waals surface area contributed by atoms with Crippen LogP contribution in [0.2, 0.25) is 0 Å².